The number of amides is 1. The molecule has 2 aromatic rings. The van der Waals surface area contributed by atoms with E-state index in [2.05, 4.69) is 21.8 Å². The molecule has 1 amide bonds. The van der Waals surface area contributed by atoms with Gasteiger partial charge in [-0.1, -0.05) is 18.2 Å². The summed E-state index contributed by atoms with van der Waals surface area (Å²) < 4.78 is 1.87. The Kier molecular flexibility index (Phi) is 3.91. The van der Waals surface area contributed by atoms with Gasteiger partial charge in [-0.25, -0.2) is 0 Å². The van der Waals surface area contributed by atoms with Crippen LogP contribution in [0.3, 0.4) is 0 Å². The smallest absolute Gasteiger partial charge is 0.222 e. The molecule has 0 bridgehead atoms. The van der Waals surface area contributed by atoms with Gasteiger partial charge in [0, 0.05) is 24.9 Å². The van der Waals surface area contributed by atoms with Crippen molar-refractivity contribution in [2.24, 2.45) is 7.05 Å². The lowest BCUT2D eigenvalue weighted by atomic mass is 9.96. The Morgan fingerprint density at radius 2 is 2.23 bits per heavy atom. The van der Waals surface area contributed by atoms with Crippen LogP contribution in [0.4, 0.5) is 0 Å². The molecule has 0 aliphatic carbocycles. The van der Waals surface area contributed by atoms with Gasteiger partial charge >= 0.3 is 0 Å². The van der Waals surface area contributed by atoms with Crippen molar-refractivity contribution in [3.8, 4) is 0 Å². The molecule has 2 heterocycles. The first-order chi connectivity index (χ1) is 10.5. The molecule has 22 heavy (non-hydrogen) atoms. The van der Waals surface area contributed by atoms with Gasteiger partial charge in [0.15, 0.2) is 0 Å². The van der Waals surface area contributed by atoms with Crippen molar-refractivity contribution in [1.29, 1.82) is 0 Å². The average Bonchev–Trinajstić information content (AvgIpc) is 3.07. The molecule has 1 fully saturated rings. The van der Waals surface area contributed by atoms with E-state index >= 15 is 0 Å². The number of carbonyl (C=O) groups is 1. The van der Waals surface area contributed by atoms with Gasteiger partial charge in [-0.3, -0.25) is 9.48 Å². The summed E-state index contributed by atoms with van der Waals surface area (Å²) in [4.78, 5) is 12.3. The topological polar surface area (TPSA) is 59.0 Å². The number of nitrogens with one attached hydrogen (secondary N) is 2. The van der Waals surface area contributed by atoms with Gasteiger partial charge in [-0.2, -0.15) is 5.10 Å². The van der Waals surface area contributed by atoms with E-state index in [1.165, 1.54) is 0 Å². The molecule has 0 radical (unpaired) electrons. The first kappa shape index (κ1) is 15.0. The van der Waals surface area contributed by atoms with Gasteiger partial charge < -0.3 is 10.6 Å². The zero-order chi connectivity index (χ0) is 15.7. The zero-order valence-electron chi connectivity index (χ0n) is 13.5. The summed E-state index contributed by atoms with van der Waals surface area (Å²) in [6, 6.07) is 8.44. The van der Waals surface area contributed by atoms with E-state index in [1.54, 1.807) is 0 Å². The van der Waals surface area contributed by atoms with Crippen LogP contribution in [0.2, 0.25) is 0 Å². The molecule has 1 aliphatic heterocycles. The van der Waals surface area contributed by atoms with Crippen LogP contribution in [0.5, 0.6) is 0 Å². The molecule has 5 heteroatoms. The Morgan fingerprint density at radius 3 is 2.95 bits per heavy atom. The van der Waals surface area contributed by atoms with E-state index in [-0.39, 0.29) is 5.91 Å². The molecule has 1 aromatic heterocycles. The number of aromatic nitrogens is 2. The summed E-state index contributed by atoms with van der Waals surface area (Å²) >= 11 is 0. The van der Waals surface area contributed by atoms with Crippen LogP contribution in [0.1, 0.15) is 38.8 Å². The number of carbonyl (C=O) groups excluding carboxylic acids is 1. The molecule has 1 saturated heterocycles. The zero-order valence-corrected chi connectivity index (χ0v) is 13.5. The number of fused-ring (bicyclic) bond motifs is 1. The molecule has 3 rings (SSSR count). The third-order valence-corrected chi connectivity index (χ3v) is 4.40. The first-order valence-corrected chi connectivity index (χ1v) is 7.94. The highest BCUT2D eigenvalue weighted by molar-refractivity contribution is 5.84. The SMILES string of the molecule is Cn1nc(C(C)(C)NC(=O)CC2CCCN2)c2ccccc21. The lowest BCUT2D eigenvalue weighted by Gasteiger charge is -2.25. The average molecular weight is 300 g/mol. The van der Waals surface area contributed by atoms with Gasteiger partial charge in [-0.15, -0.1) is 0 Å². The van der Waals surface area contributed by atoms with E-state index in [1.807, 2.05) is 43.8 Å². The summed E-state index contributed by atoms with van der Waals surface area (Å²) in [7, 11) is 1.94. The second-order valence-corrected chi connectivity index (χ2v) is 6.66. The van der Waals surface area contributed by atoms with Crippen molar-refractivity contribution >= 4 is 16.8 Å². The first-order valence-electron chi connectivity index (χ1n) is 7.94. The molecular weight excluding hydrogens is 276 g/mol. The highest BCUT2D eigenvalue weighted by Gasteiger charge is 2.29. The largest absolute Gasteiger partial charge is 0.345 e. The Labute approximate surface area is 131 Å². The van der Waals surface area contributed by atoms with Crippen LogP contribution in [-0.2, 0) is 17.4 Å². The Balaban J connectivity index is 1.80. The van der Waals surface area contributed by atoms with E-state index in [4.69, 9.17) is 0 Å². The highest BCUT2D eigenvalue weighted by atomic mass is 16.1. The lowest BCUT2D eigenvalue weighted by molar-refractivity contribution is -0.123. The predicted molar refractivity (Wildman–Crippen MR) is 87.5 cm³/mol. The van der Waals surface area contributed by atoms with Crippen LogP contribution in [0.25, 0.3) is 10.9 Å². The standard InChI is InChI=1S/C17H24N4O/c1-17(2,19-15(22)11-12-7-6-10-18-12)16-13-8-4-5-9-14(13)21(3)20-16/h4-5,8-9,12,18H,6-7,10-11H2,1-3H3,(H,19,22). The van der Waals surface area contributed by atoms with Crippen LogP contribution >= 0.6 is 0 Å². The summed E-state index contributed by atoms with van der Waals surface area (Å²) in [6.07, 6.45) is 2.78. The molecule has 1 atom stereocenters. The molecule has 0 saturated carbocycles. The van der Waals surface area contributed by atoms with Crippen molar-refractivity contribution in [3.05, 3.63) is 30.0 Å². The monoisotopic (exact) mass is 300 g/mol. The summed E-state index contributed by atoms with van der Waals surface area (Å²) in [6.45, 7) is 5.05. The van der Waals surface area contributed by atoms with Crippen molar-refractivity contribution in [2.75, 3.05) is 6.54 Å². The minimum atomic E-state index is -0.490. The molecule has 2 N–H and O–H groups in total. The predicted octanol–water partition coefficient (Wildman–Crippen LogP) is 2.07. The minimum Gasteiger partial charge on any atom is -0.345 e. The van der Waals surface area contributed by atoms with Crippen molar-refractivity contribution in [3.63, 3.8) is 0 Å². The molecular formula is C17H24N4O. The normalized spacial score (nSPS) is 18.8. The number of para-hydroxylation sites is 1. The van der Waals surface area contributed by atoms with E-state index in [9.17, 15) is 4.79 Å². The lowest BCUT2D eigenvalue weighted by Crippen LogP contribution is -2.43. The number of hydrogen-bond donors (Lipinski definition) is 2. The van der Waals surface area contributed by atoms with Crippen molar-refractivity contribution < 1.29 is 4.79 Å². The van der Waals surface area contributed by atoms with Gasteiger partial charge in [0.1, 0.15) is 0 Å². The van der Waals surface area contributed by atoms with E-state index in [0.29, 0.717) is 12.5 Å². The number of rotatable bonds is 4. The molecule has 1 unspecified atom stereocenters. The van der Waals surface area contributed by atoms with Crippen molar-refractivity contribution in [2.45, 2.75) is 44.7 Å². The van der Waals surface area contributed by atoms with Gasteiger partial charge in [0.25, 0.3) is 0 Å². The second-order valence-electron chi connectivity index (χ2n) is 6.66. The Hall–Kier alpha value is -1.88. The van der Waals surface area contributed by atoms with Crippen LogP contribution in [-0.4, -0.2) is 28.3 Å². The fraction of sp³-hybridized carbons (Fsp3) is 0.529. The third kappa shape index (κ3) is 2.86. The number of aryl methyl sites for hydroxylation is 1. The Morgan fingerprint density at radius 1 is 1.45 bits per heavy atom. The van der Waals surface area contributed by atoms with Crippen molar-refractivity contribution in [1.82, 2.24) is 20.4 Å². The molecule has 118 valence electrons. The summed E-state index contributed by atoms with van der Waals surface area (Å²) in [5.74, 6) is 0.0825. The van der Waals surface area contributed by atoms with Gasteiger partial charge in [0.2, 0.25) is 5.91 Å². The Bertz CT molecular complexity index is 683. The fourth-order valence-corrected chi connectivity index (χ4v) is 3.29. The quantitative estimate of drug-likeness (QED) is 0.909. The maximum atomic E-state index is 12.3. The van der Waals surface area contributed by atoms with E-state index in [0.717, 1.165) is 36.0 Å². The minimum absolute atomic E-state index is 0.0825. The second kappa shape index (κ2) is 5.72. The van der Waals surface area contributed by atoms with E-state index < -0.39 is 5.54 Å². The van der Waals surface area contributed by atoms with Crippen LogP contribution in [0.15, 0.2) is 24.3 Å². The van der Waals surface area contributed by atoms with Crippen LogP contribution in [0, 0.1) is 0 Å². The number of nitrogens with zero attached hydrogens (tertiary/aromatic N) is 2. The number of hydrogen-bond acceptors (Lipinski definition) is 3. The summed E-state index contributed by atoms with van der Waals surface area (Å²) in [5, 5.41) is 12.2. The van der Waals surface area contributed by atoms with Gasteiger partial charge in [0.05, 0.1) is 16.7 Å². The third-order valence-electron chi connectivity index (χ3n) is 4.40. The van der Waals surface area contributed by atoms with Gasteiger partial charge in [-0.05, 0) is 39.3 Å². The highest BCUT2D eigenvalue weighted by Crippen LogP contribution is 2.27. The molecule has 1 aliphatic rings. The molecule has 5 nitrogen and oxygen atoms in total. The number of benzene rings is 1. The fourth-order valence-electron chi connectivity index (χ4n) is 3.29. The molecule has 1 aromatic carbocycles. The summed E-state index contributed by atoms with van der Waals surface area (Å²) in [5.41, 5.74) is 1.51. The maximum absolute atomic E-state index is 12.3. The maximum Gasteiger partial charge on any atom is 0.222 e. The van der Waals surface area contributed by atoms with Crippen LogP contribution < -0.4 is 10.6 Å². The molecule has 0 spiro atoms.